The number of carbonyl (C=O) groups excluding carboxylic acids is 2. The minimum Gasteiger partial charge on any atom is -0.481 e. The molecule has 2 amide bonds. The van der Waals surface area contributed by atoms with Gasteiger partial charge in [-0.05, 0) is 12.8 Å². The molecule has 0 aromatic heterocycles. The molecule has 2 aliphatic rings. The van der Waals surface area contributed by atoms with E-state index in [1.165, 1.54) is 4.90 Å². The van der Waals surface area contributed by atoms with Gasteiger partial charge in [0.1, 0.15) is 6.04 Å². The average molecular weight is 302 g/mol. The summed E-state index contributed by atoms with van der Waals surface area (Å²) in [6, 6.07) is -0.356. The van der Waals surface area contributed by atoms with E-state index in [9.17, 15) is 14.4 Å². The van der Waals surface area contributed by atoms with Gasteiger partial charge in [0.25, 0.3) is 0 Å². The quantitative estimate of drug-likeness (QED) is 0.674. The number of rotatable bonds is 6. The Morgan fingerprint density at radius 3 is 2.70 bits per heavy atom. The molecule has 20 heavy (non-hydrogen) atoms. The maximum absolute atomic E-state index is 12.1. The molecule has 8 heteroatoms. The predicted molar refractivity (Wildman–Crippen MR) is 72.4 cm³/mol. The first-order valence-electron chi connectivity index (χ1n) is 6.55. The molecule has 1 saturated heterocycles. The van der Waals surface area contributed by atoms with Crippen molar-refractivity contribution in [2.24, 2.45) is 0 Å². The molecule has 0 aromatic rings. The molecule has 1 aliphatic heterocycles. The number of ether oxygens (including phenoxy) is 1. The van der Waals surface area contributed by atoms with Crippen molar-refractivity contribution in [2.45, 2.75) is 24.9 Å². The fourth-order valence-electron chi connectivity index (χ4n) is 1.95. The summed E-state index contributed by atoms with van der Waals surface area (Å²) in [5.74, 6) is -1.39. The van der Waals surface area contributed by atoms with Crippen molar-refractivity contribution >= 4 is 29.5 Å². The number of nitrogens with one attached hydrogen (secondary N) is 1. The largest absolute Gasteiger partial charge is 0.481 e. The fourth-order valence-corrected chi connectivity index (χ4v) is 2.57. The zero-order valence-electron chi connectivity index (χ0n) is 11.0. The number of nitrogens with zero attached hydrogens (tertiary/aromatic N) is 1. The lowest BCUT2D eigenvalue weighted by molar-refractivity contribution is -0.146. The van der Waals surface area contributed by atoms with Crippen LogP contribution in [0.25, 0.3) is 0 Å². The van der Waals surface area contributed by atoms with Crippen molar-refractivity contribution in [3.63, 3.8) is 0 Å². The standard InChI is InChI=1S/C12H18N2O5S/c15-10(6-20-7-11(16)17)14-3-4-19-5-9(14)12(18)13-8-1-2-8/h8-9H,1-7H2,(H,13,18)(H,16,17). The summed E-state index contributed by atoms with van der Waals surface area (Å²) in [5.41, 5.74) is 0. The van der Waals surface area contributed by atoms with Gasteiger partial charge in [-0.2, -0.15) is 0 Å². The minimum absolute atomic E-state index is 0.0690. The van der Waals surface area contributed by atoms with Crippen LogP contribution in [-0.2, 0) is 19.1 Å². The lowest BCUT2D eigenvalue weighted by Crippen LogP contribution is -2.56. The zero-order chi connectivity index (χ0) is 14.5. The summed E-state index contributed by atoms with van der Waals surface area (Å²) in [7, 11) is 0. The van der Waals surface area contributed by atoms with Gasteiger partial charge in [0, 0.05) is 12.6 Å². The van der Waals surface area contributed by atoms with Crippen LogP contribution in [0.3, 0.4) is 0 Å². The Morgan fingerprint density at radius 2 is 2.05 bits per heavy atom. The molecule has 1 saturated carbocycles. The van der Waals surface area contributed by atoms with Crippen LogP contribution in [0.15, 0.2) is 0 Å². The first-order chi connectivity index (χ1) is 9.58. The second-order valence-electron chi connectivity index (χ2n) is 4.85. The van der Waals surface area contributed by atoms with E-state index < -0.39 is 12.0 Å². The van der Waals surface area contributed by atoms with Gasteiger partial charge in [0.2, 0.25) is 11.8 Å². The number of amides is 2. The highest BCUT2D eigenvalue weighted by atomic mass is 32.2. The summed E-state index contributed by atoms with van der Waals surface area (Å²) >= 11 is 1.04. The smallest absolute Gasteiger partial charge is 0.313 e. The summed E-state index contributed by atoms with van der Waals surface area (Å²) in [6.45, 7) is 0.978. The van der Waals surface area contributed by atoms with Crippen molar-refractivity contribution in [3.05, 3.63) is 0 Å². The molecule has 1 unspecified atom stereocenters. The monoisotopic (exact) mass is 302 g/mol. The van der Waals surface area contributed by atoms with Crippen LogP contribution >= 0.6 is 11.8 Å². The van der Waals surface area contributed by atoms with E-state index in [0.717, 1.165) is 24.6 Å². The van der Waals surface area contributed by atoms with Crippen LogP contribution in [0.5, 0.6) is 0 Å². The molecule has 7 nitrogen and oxygen atoms in total. The van der Waals surface area contributed by atoms with E-state index >= 15 is 0 Å². The highest BCUT2D eigenvalue weighted by Crippen LogP contribution is 2.20. The molecule has 1 heterocycles. The molecule has 1 atom stereocenters. The normalized spacial score (nSPS) is 22.4. The molecule has 112 valence electrons. The molecule has 2 N–H and O–H groups in total. The molecule has 2 fully saturated rings. The van der Waals surface area contributed by atoms with E-state index in [1.807, 2.05) is 0 Å². The number of morpholine rings is 1. The van der Waals surface area contributed by atoms with Gasteiger partial charge in [-0.25, -0.2) is 0 Å². The van der Waals surface area contributed by atoms with Gasteiger partial charge >= 0.3 is 5.97 Å². The molecule has 0 radical (unpaired) electrons. The number of carboxylic acids is 1. The zero-order valence-corrected chi connectivity index (χ0v) is 11.9. The Hall–Kier alpha value is -1.28. The molecular weight excluding hydrogens is 284 g/mol. The summed E-state index contributed by atoms with van der Waals surface area (Å²) in [6.07, 6.45) is 1.98. The molecular formula is C12H18N2O5S. The van der Waals surface area contributed by atoms with Gasteiger partial charge in [0.05, 0.1) is 24.7 Å². The second kappa shape index (κ2) is 6.94. The molecule has 0 aromatic carbocycles. The fraction of sp³-hybridized carbons (Fsp3) is 0.750. The van der Waals surface area contributed by atoms with Crippen LogP contribution in [0.1, 0.15) is 12.8 Å². The third-order valence-electron chi connectivity index (χ3n) is 3.13. The Balaban J connectivity index is 1.86. The van der Waals surface area contributed by atoms with Gasteiger partial charge < -0.3 is 20.1 Å². The van der Waals surface area contributed by atoms with Crippen molar-refractivity contribution in [2.75, 3.05) is 31.3 Å². The van der Waals surface area contributed by atoms with Crippen LogP contribution in [-0.4, -0.2) is 71.1 Å². The molecule has 0 spiro atoms. The number of aliphatic carboxylic acids is 1. The van der Waals surface area contributed by atoms with Crippen molar-refractivity contribution in [1.82, 2.24) is 10.2 Å². The Kier molecular flexibility index (Phi) is 5.24. The minimum atomic E-state index is -0.951. The number of hydrogen-bond donors (Lipinski definition) is 2. The van der Waals surface area contributed by atoms with Crippen LogP contribution in [0.2, 0.25) is 0 Å². The number of carbonyl (C=O) groups is 3. The highest BCUT2D eigenvalue weighted by molar-refractivity contribution is 8.00. The first-order valence-corrected chi connectivity index (χ1v) is 7.70. The Morgan fingerprint density at radius 1 is 1.30 bits per heavy atom. The second-order valence-corrected chi connectivity index (χ2v) is 5.83. The molecule has 0 bridgehead atoms. The highest BCUT2D eigenvalue weighted by Gasteiger charge is 2.35. The first kappa shape index (κ1) is 15.1. The van der Waals surface area contributed by atoms with Gasteiger partial charge in [-0.3, -0.25) is 14.4 Å². The Labute approximate surface area is 121 Å². The van der Waals surface area contributed by atoms with E-state index in [2.05, 4.69) is 5.32 Å². The van der Waals surface area contributed by atoms with Gasteiger partial charge in [-0.15, -0.1) is 11.8 Å². The molecule has 1 aliphatic carbocycles. The van der Waals surface area contributed by atoms with Crippen LogP contribution < -0.4 is 5.32 Å². The SMILES string of the molecule is O=C(O)CSCC(=O)N1CCOCC1C(=O)NC1CC1. The van der Waals surface area contributed by atoms with Crippen molar-refractivity contribution in [1.29, 1.82) is 0 Å². The summed E-state index contributed by atoms with van der Waals surface area (Å²) in [5, 5.41) is 11.4. The number of hydrogen-bond acceptors (Lipinski definition) is 5. The average Bonchev–Trinajstić information content (AvgIpc) is 3.22. The van der Waals surface area contributed by atoms with E-state index in [4.69, 9.17) is 9.84 Å². The third-order valence-corrected chi connectivity index (χ3v) is 4.03. The number of thioether (sulfide) groups is 1. The molecule has 2 rings (SSSR count). The predicted octanol–water partition coefficient (Wildman–Crippen LogP) is -0.690. The van der Waals surface area contributed by atoms with Crippen LogP contribution in [0, 0.1) is 0 Å². The number of carboxylic acid groups (broad SMARTS) is 1. The van der Waals surface area contributed by atoms with E-state index in [1.54, 1.807) is 0 Å². The van der Waals surface area contributed by atoms with E-state index in [-0.39, 0.29) is 36.0 Å². The van der Waals surface area contributed by atoms with Crippen molar-refractivity contribution < 1.29 is 24.2 Å². The maximum Gasteiger partial charge on any atom is 0.313 e. The lowest BCUT2D eigenvalue weighted by atomic mass is 10.2. The van der Waals surface area contributed by atoms with Crippen LogP contribution in [0.4, 0.5) is 0 Å². The van der Waals surface area contributed by atoms with E-state index in [0.29, 0.717) is 13.2 Å². The maximum atomic E-state index is 12.1. The topological polar surface area (TPSA) is 95.9 Å². The summed E-state index contributed by atoms with van der Waals surface area (Å²) < 4.78 is 5.27. The van der Waals surface area contributed by atoms with Crippen molar-refractivity contribution in [3.8, 4) is 0 Å². The van der Waals surface area contributed by atoms with Gasteiger partial charge in [-0.1, -0.05) is 0 Å². The summed E-state index contributed by atoms with van der Waals surface area (Å²) in [4.78, 5) is 36.1. The third kappa shape index (κ3) is 4.38. The Bertz CT molecular complexity index is 399. The lowest BCUT2D eigenvalue weighted by Gasteiger charge is -2.34. The van der Waals surface area contributed by atoms with Gasteiger partial charge in [0.15, 0.2) is 0 Å².